The summed E-state index contributed by atoms with van der Waals surface area (Å²) in [6.45, 7) is 0. The molecule has 1 heterocycles. The lowest BCUT2D eigenvalue weighted by Gasteiger charge is -2.01. The van der Waals surface area contributed by atoms with Crippen LogP contribution in [-0.2, 0) is 0 Å². The first-order valence-electron chi connectivity index (χ1n) is 3.87. The molecule has 0 bridgehead atoms. The zero-order chi connectivity index (χ0) is 9.97. The zero-order valence-electron chi connectivity index (χ0n) is 6.98. The van der Waals surface area contributed by atoms with Crippen molar-refractivity contribution < 1.29 is 0 Å². The van der Waals surface area contributed by atoms with Crippen LogP contribution < -0.4 is 0 Å². The van der Waals surface area contributed by atoms with E-state index in [9.17, 15) is 0 Å². The molecule has 0 atom stereocenters. The van der Waals surface area contributed by atoms with Gasteiger partial charge in [0.2, 0.25) is 4.73 Å². The topological polar surface area (TPSA) is 38.7 Å². The predicted molar refractivity (Wildman–Crippen MR) is 58.0 cm³/mol. The van der Waals surface area contributed by atoms with Gasteiger partial charge in [0.1, 0.15) is 0 Å². The van der Waals surface area contributed by atoms with Crippen LogP contribution in [0.25, 0.3) is 11.3 Å². The molecule has 0 N–H and O–H groups in total. The van der Waals surface area contributed by atoms with Crippen molar-refractivity contribution in [3.05, 3.63) is 40.2 Å². The molecule has 0 amide bonds. The van der Waals surface area contributed by atoms with E-state index in [1.165, 1.54) is 0 Å². The molecule has 0 aliphatic heterocycles. The molecule has 1 aromatic heterocycles. The van der Waals surface area contributed by atoms with Gasteiger partial charge in [0, 0.05) is 5.56 Å². The van der Waals surface area contributed by atoms with Gasteiger partial charge < -0.3 is 0 Å². The lowest BCUT2D eigenvalue weighted by atomic mass is 10.2. The van der Waals surface area contributed by atoms with Crippen molar-refractivity contribution >= 4 is 27.5 Å². The van der Waals surface area contributed by atoms with Crippen molar-refractivity contribution in [2.75, 3.05) is 0 Å². The third-order valence-corrected chi connectivity index (χ3v) is 2.35. The van der Waals surface area contributed by atoms with Gasteiger partial charge in [-0.3, -0.25) is 0 Å². The van der Waals surface area contributed by atoms with E-state index in [0.717, 1.165) is 5.56 Å². The van der Waals surface area contributed by atoms with Crippen molar-refractivity contribution in [1.82, 2.24) is 15.2 Å². The van der Waals surface area contributed by atoms with Crippen LogP contribution in [0.4, 0.5) is 0 Å². The highest BCUT2D eigenvalue weighted by molar-refractivity contribution is 9.10. The van der Waals surface area contributed by atoms with Gasteiger partial charge in [0.15, 0.2) is 0 Å². The van der Waals surface area contributed by atoms with E-state index in [1.807, 2.05) is 24.3 Å². The molecule has 0 saturated heterocycles. The van der Waals surface area contributed by atoms with E-state index >= 15 is 0 Å². The number of hydrogen-bond acceptors (Lipinski definition) is 3. The molecule has 2 rings (SSSR count). The molecule has 5 heteroatoms. The van der Waals surface area contributed by atoms with Crippen LogP contribution in [0.1, 0.15) is 0 Å². The Morgan fingerprint density at radius 3 is 2.71 bits per heavy atom. The number of nitrogens with zero attached hydrogens (tertiary/aromatic N) is 3. The Morgan fingerprint density at radius 1 is 1.21 bits per heavy atom. The van der Waals surface area contributed by atoms with Crippen molar-refractivity contribution in [2.24, 2.45) is 0 Å². The Kier molecular flexibility index (Phi) is 2.74. The maximum absolute atomic E-state index is 6.01. The predicted octanol–water partition coefficient (Wildman–Crippen LogP) is 2.95. The minimum atomic E-state index is 0.454. The summed E-state index contributed by atoms with van der Waals surface area (Å²) in [5, 5.41) is 8.14. The molecule has 0 radical (unpaired) electrons. The summed E-state index contributed by atoms with van der Waals surface area (Å²) in [6.07, 6.45) is 1.58. The Labute approximate surface area is 94.3 Å². The van der Waals surface area contributed by atoms with Crippen LogP contribution in [0.15, 0.2) is 35.2 Å². The average molecular weight is 271 g/mol. The largest absolute Gasteiger partial charge is 0.219 e. The van der Waals surface area contributed by atoms with Crippen LogP contribution in [0, 0.1) is 0 Å². The van der Waals surface area contributed by atoms with E-state index in [2.05, 4.69) is 31.1 Å². The normalized spacial score (nSPS) is 10.1. The molecule has 70 valence electrons. The third kappa shape index (κ3) is 1.91. The van der Waals surface area contributed by atoms with Gasteiger partial charge in [-0.25, -0.2) is 4.98 Å². The van der Waals surface area contributed by atoms with Crippen LogP contribution in [0.3, 0.4) is 0 Å². The van der Waals surface area contributed by atoms with Gasteiger partial charge in [-0.05, 0) is 22.0 Å². The zero-order valence-corrected chi connectivity index (χ0v) is 9.33. The molecule has 0 aliphatic carbocycles. The second kappa shape index (κ2) is 4.02. The quantitative estimate of drug-likeness (QED) is 0.800. The highest BCUT2D eigenvalue weighted by atomic mass is 79.9. The molecular weight excluding hydrogens is 265 g/mol. The summed E-state index contributed by atoms with van der Waals surface area (Å²) in [4.78, 5) is 4.16. The third-order valence-electron chi connectivity index (χ3n) is 1.68. The minimum absolute atomic E-state index is 0.454. The second-order valence-electron chi connectivity index (χ2n) is 2.59. The lowest BCUT2D eigenvalue weighted by Crippen LogP contribution is -1.90. The van der Waals surface area contributed by atoms with Crippen molar-refractivity contribution in [3.8, 4) is 11.3 Å². The van der Waals surface area contributed by atoms with E-state index < -0.39 is 0 Å². The average Bonchev–Trinajstić information content (AvgIpc) is 2.18. The Balaban J connectivity index is 2.55. The number of benzene rings is 1. The molecule has 2 aromatic rings. The standard InChI is InChI=1S/C9H5BrClN3/c10-9-13-8(5-12-14-9)6-3-1-2-4-7(6)11/h1-5H. The van der Waals surface area contributed by atoms with Crippen molar-refractivity contribution in [3.63, 3.8) is 0 Å². The fourth-order valence-corrected chi connectivity index (χ4v) is 1.60. The van der Waals surface area contributed by atoms with Crippen molar-refractivity contribution in [2.45, 2.75) is 0 Å². The van der Waals surface area contributed by atoms with Gasteiger partial charge in [0.25, 0.3) is 0 Å². The Morgan fingerprint density at radius 2 is 2.00 bits per heavy atom. The summed E-state index contributed by atoms with van der Waals surface area (Å²) < 4.78 is 0.454. The smallest absolute Gasteiger partial charge is 0.218 e. The first kappa shape index (κ1) is 9.55. The molecule has 0 saturated carbocycles. The second-order valence-corrected chi connectivity index (χ2v) is 3.71. The minimum Gasteiger partial charge on any atom is -0.219 e. The Bertz CT molecular complexity index is 461. The number of aromatic nitrogens is 3. The lowest BCUT2D eigenvalue weighted by molar-refractivity contribution is 0.939. The molecule has 0 fully saturated rings. The maximum atomic E-state index is 6.01. The first-order valence-corrected chi connectivity index (χ1v) is 5.04. The van der Waals surface area contributed by atoms with E-state index in [4.69, 9.17) is 11.6 Å². The van der Waals surface area contributed by atoms with E-state index in [0.29, 0.717) is 15.5 Å². The van der Waals surface area contributed by atoms with E-state index in [1.54, 1.807) is 6.20 Å². The van der Waals surface area contributed by atoms with Crippen LogP contribution in [0.2, 0.25) is 5.02 Å². The monoisotopic (exact) mass is 269 g/mol. The summed E-state index contributed by atoms with van der Waals surface area (Å²) >= 11 is 9.16. The summed E-state index contributed by atoms with van der Waals surface area (Å²) in [7, 11) is 0. The molecular formula is C9H5BrClN3. The Hall–Kier alpha value is -1.00. The van der Waals surface area contributed by atoms with Crippen LogP contribution >= 0.6 is 27.5 Å². The SMILES string of the molecule is Clc1ccccc1-c1cnnc(Br)n1. The van der Waals surface area contributed by atoms with Gasteiger partial charge in [-0.1, -0.05) is 29.8 Å². The molecule has 3 nitrogen and oxygen atoms in total. The first-order chi connectivity index (χ1) is 6.77. The van der Waals surface area contributed by atoms with Gasteiger partial charge in [0.05, 0.1) is 16.9 Å². The highest BCUT2D eigenvalue weighted by Crippen LogP contribution is 2.25. The number of rotatable bonds is 1. The summed E-state index contributed by atoms with van der Waals surface area (Å²) in [5.74, 6) is 0. The van der Waals surface area contributed by atoms with E-state index in [-0.39, 0.29) is 0 Å². The molecule has 14 heavy (non-hydrogen) atoms. The summed E-state index contributed by atoms with van der Waals surface area (Å²) in [5.41, 5.74) is 1.56. The number of halogens is 2. The molecule has 1 aromatic carbocycles. The molecule has 0 unspecified atom stereocenters. The van der Waals surface area contributed by atoms with Gasteiger partial charge in [-0.2, -0.15) is 5.10 Å². The summed E-state index contributed by atoms with van der Waals surface area (Å²) in [6, 6.07) is 7.47. The van der Waals surface area contributed by atoms with Crippen LogP contribution in [-0.4, -0.2) is 15.2 Å². The highest BCUT2D eigenvalue weighted by Gasteiger charge is 2.04. The maximum Gasteiger partial charge on any atom is 0.218 e. The van der Waals surface area contributed by atoms with Crippen LogP contribution in [0.5, 0.6) is 0 Å². The van der Waals surface area contributed by atoms with Crippen molar-refractivity contribution in [1.29, 1.82) is 0 Å². The van der Waals surface area contributed by atoms with Gasteiger partial charge in [-0.15, -0.1) is 5.10 Å². The molecule has 0 aliphatic rings. The fraction of sp³-hybridized carbons (Fsp3) is 0. The number of hydrogen-bond donors (Lipinski definition) is 0. The van der Waals surface area contributed by atoms with Gasteiger partial charge >= 0.3 is 0 Å². The fourth-order valence-electron chi connectivity index (χ4n) is 1.08. The molecule has 0 spiro atoms.